The fourth-order valence-corrected chi connectivity index (χ4v) is 6.96. The van der Waals surface area contributed by atoms with Crippen molar-refractivity contribution in [1.82, 2.24) is 25.2 Å². The lowest BCUT2D eigenvalue weighted by molar-refractivity contribution is -0.147. The van der Waals surface area contributed by atoms with Crippen molar-refractivity contribution >= 4 is 35.9 Å². The third kappa shape index (κ3) is 6.95. The van der Waals surface area contributed by atoms with Crippen molar-refractivity contribution < 1.29 is 29.0 Å². The van der Waals surface area contributed by atoms with Crippen LogP contribution in [0.3, 0.4) is 0 Å². The Morgan fingerprint density at radius 1 is 1.14 bits per heavy atom. The molecule has 3 amide bonds. The maximum absolute atomic E-state index is 14.1. The van der Waals surface area contributed by atoms with Crippen LogP contribution in [0.4, 0.5) is 0 Å². The van der Waals surface area contributed by atoms with E-state index in [0.717, 1.165) is 32.1 Å². The van der Waals surface area contributed by atoms with E-state index >= 15 is 0 Å². The summed E-state index contributed by atoms with van der Waals surface area (Å²) in [6.07, 6.45) is 9.15. The maximum atomic E-state index is 14.1. The maximum Gasteiger partial charge on any atom is 0.287 e. The van der Waals surface area contributed by atoms with Gasteiger partial charge in [-0.2, -0.15) is 0 Å². The lowest BCUT2D eigenvalue weighted by Crippen LogP contribution is -2.64. The average Bonchev–Trinajstić information content (AvgIpc) is 3.58. The van der Waals surface area contributed by atoms with Crippen LogP contribution in [0.15, 0.2) is 6.20 Å². The third-order valence-corrected chi connectivity index (χ3v) is 9.11. The van der Waals surface area contributed by atoms with Gasteiger partial charge in [-0.15, -0.1) is 17.5 Å². The van der Waals surface area contributed by atoms with Crippen LogP contribution >= 0.6 is 12.4 Å². The van der Waals surface area contributed by atoms with E-state index in [0.29, 0.717) is 30.9 Å². The number of ether oxygens (including phenoxy) is 1. The van der Waals surface area contributed by atoms with E-state index in [2.05, 4.69) is 15.6 Å². The van der Waals surface area contributed by atoms with Gasteiger partial charge in [-0.1, -0.05) is 56.6 Å². The molecule has 2 aliphatic carbocycles. The number of Topliss-reactive ketones (excluding diaryl/α,β-unsaturated/α-hetero) is 1. The molecule has 1 aliphatic heterocycles. The highest BCUT2D eigenvalue weighted by Gasteiger charge is 2.53. The number of aromatic nitrogens is 3. The Kier molecular flexibility index (Phi) is 11.1. The minimum Gasteiger partial charge on any atom is -0.384 e. The van der Waals surface area contributed by atoms with Gasteiger partial charge in [0.1, 0.15) is 29.3 Å². The quantitative estimate of drug-likeness (QED) is 0.277. The number of methoxy groups -OCH3 is 1. The summed E-state index contributed by atoms with van der Waals surface area (Å²) >= 11 is 0. The number of ketones is 1. The molecule has 1 aromatic heterocycles. The fourth-order valence-electron chi connectivity index (χ4n) is 6.96. The summed E-state index contributed by atoms with van der Waals surface area (Å²) in [5, 5.41) is 21.8. The molecule has 4 atom stereocenters. The molecule has 236 valence electrons. The normalized spacial score (nSPS) is 25.4. The fraction of sp³-hybridized carbons (Fsp3) is 0.786. The number of hydrogen-bond donors (Lipinski definition) is 4. The van der Waals surface area contributed by atoms with Crippen molar-refractivity contribution in [3.05, 3.63) is 11.9 Å². The van der Waals surface area contributed by atoms with Gasteiger partial charge < -0.3 is 31.5 Å². The number of amides is 3. The Hall–Kier alpha value is -2.61. The summed E-state index contributed by atoms with van der Waals surface area (Å²) in [4.78, 5) is 54.4. The van der Waals surface area contributed by atoms with E-state index in [1.54, 1.807) is 13.8 Å². The number of nitrogens with zero attached hydrogens (tertiary/aromatic N) is 4. The number of rotatable bonds is 10. The Bertz CT molecular complexity index is 1130. The molecule has 0 aromatic carbocycles. The van der Waals surface area contributed by atoms with Gasteiger partial charge in [-0.3, -0.25) is 19.2 Å². The molecule has 3 aliphatic rings. The molecule has 0 bridgehead atoms. The monoisotopic (exact) mass is 611 g/mol. The molecule has 6 N–H and O–H groups in total. The highest BCUT2D eigenvalue weighted by atomic mass is 35.5. The van der Waals surface area contributed by atoms with Crippen molar-refractivity contribution in [3.8, 4) is 0 Å². The number of nitrogens with one attached hydrogen (secondary N) is 1. The number of hydrogen-bond acceptors (Lipinski definition) is 9. The molecule has 0 unspecified atom stereocenters. The van der Waals surface area contributed by atoms with Crippen LogP contribution in [0.25, 0.3) is 0 Å². The molecule has 13 nitrogen and oxygen atoms in total. The number of carbonyl (C=O) groups excluding carboxylic acids is 4. The number of halogens is 1. The third-order valence-electron chi connectivity index (χ3n) is 9.11. The van der Waals surface area contributed by atoms with Crippen molar-refractivity contribution in [2.24, 2.45) is 17.4 Å². The predicted octanol–water partition coefficient (Wildman–Crippen LogP) is 0.865. The van der Waals surface area contributed by atoms with Crippen LogP contribution in [0.2, 0.25) is 0 Å². The van der Waals surface area contributed by atoms with Crippen LogP contribution < -0.4 is 16.8 Å². The standard InChI is InChI=1S/C28H45N7O6.ClH/c1-27(2,40)20-15-31-33-35(20)19-16-34(26(39)18(29)14-17-10-6-4-7-11-17)21(22(19)41-3)25(38)32-28(23(36)24(30)37)12-8-5-9-13-28;/h15,17-19,21-22,40H,4-14,16,29H2,1-3H3,(H2,30,37)(H,32,38);1H/t18-,19-,21+,22+;/m1./s1. The van der Waals surface area contributed by atoms with Gasteiger partial charge in [0, 0.05) is 13.7 Å². The van der Waals surface area contributed by atoms with Gasteiger partial charge in [-0.25, -0.2) is 4.68 Å². The van der Waals surface area contributed by atoms with Gasteiger partial charge in [0.2, 0.25) is 17.6 Å². The lowest BCUT2D eigenvalue weighted by atomic mass is 9.78. The number of nitrogens with two attached hydrogens (primary N) is 2. The summed E-state index contributed by atoms with van der Waals surface area (Å²) in [5.41, 5.74) is 9.51. The van der Waals surface area contributed by atoms with Gasteiger partial charge >= 0.3 is 0 Å². The van der Waals surface area contributed by atoms with Gasteiger partial charge in [-0.05, 0) is 39.0 Å². The summed E-state index contributed by atoms with van der Waals surface area (Å²) in [5.74, 6) is -2.65. The second-order valence-electron chi connectivity index (χ2n) is 12.5. The van der Waals surface area contributed by atoms with Crippen LogP contribution in [-0.2, 0) is 29.5 Å². The van der Waals surface area contributed by atoms with Crippen LogP contribution in [-0.4, -0.2) is 85.9 Å². The van der Waals surface area contributed by atoms with Gasteiger partial charge in [0.05, 0.1) is 17.9 Å². The van der Waals surface area contributed by atoms with Crippen molar-refractivity contribution in [1.29, 1.82) is 0 Å². The van der Waals surface area contributed by atoms with E-state index < -0.39 is 58.9 Å². The zero-order chi connectivity index (χ0) is 29.9. The van der Waals surface area contributed by atoms with Gasteiger partial charge in [0.25, 0.3) is 5.91 Å². The van der Waals surface area contributed by atoms with Crippen molar-refractivity contribution in [3.63, 3.8) is 0 Å². The zero-order valence-corrected chi connectivity index (χ0v) is 25.6. The molecular weight excluding hydrogens is 566 g/mol. The van der Waals surface area contributed by atoms with Crippen LogP contribution in [0, 0.1) is 5.92 Å². The molecule has 14 heteroatoms. The highest BCUT2D eigenvalue weighted by molar-refractivity contribution is 6.39. The molecule has 1 saturated heterocycles. The zero-order valence-electron chi connectivity index (χ0n) is 24.8. The molecule has 3 fully saturated rings. The van der Waals surface area contributed by atoms with E-state index in [1.807, 2.05) is 0 Å². The largest absolute Gasteiger partial charge is 0.384 e. The Balaban J connectivity index is 0.00000484. The Labute approximate surface area is 252 Å². The first kappa shape index (κ1) is 33.9. The van der Waals surface area contributed by atoms with Crippen LogP contribution in [0.5, 0.6) is 0 Å². The van der Waals surface area contributed by atoms with Crippen molar-refractivity contribution in [2.75, 3.05) is 13.7 Å². The first-order valence-electron chi connectivity index (χ1n) is 14.8. The SMILES string of the molecule is CO[C@@H]1[C@@H](C(=O)NC2(C(=O)C(N)=O)CCCCC2)N(C(=O)[C@H](N)CC2CCCCC2)C[C@H]1n1nncc1C(C)(C)O.Cl. The molecule has 0 radical (unpaired) electrons. The average molecular weight is 612 g/mol. The van der Waals surface area contributed by atoms with Gasteiger partial charge in [0.15, 0.2) is 0 Å². The van der Waals surface area contributed by atoms with Crippen LogP contribution in [0.1, 0.15) is 96.2 Å². The Morgan fingerprint density at radius 2 is 1.76 bits per heavy atom. The van der Waals surface area contributed by atoms with Crippen molar-refractivity contribution in [2.45, 2.75) is 120 Å². The smallest absolute Gasteiger partial charge is 0.287 e. The number of primary amides is 1. The topological polar surface area (TPSA) is 196 Å². The van der Waals surface area contributed by atoms with E-state index in [4.69, 9.17) is 16.2 Å². The summed E-state index contributed by atoms with van der Waals surface area (Å²) in [7, 11) is 1.43. The predicted molar refractivity (Wildman–Crippen MR) is 155 cm³/mol. The molecule has 1 aromatic rings. The molecule has 2 saturated carbocycles. The first-order valence-corrected chi connectivity index (χ1v) is 14.8. The molecule has 0 spiro atoms. The Morgan fingerprint density at radius 3 is 2.33 bits per heavy atom. The molecular formula is C28H46ClN7O6. The molecule has 42 heavy (non-hydrogen) atoms. The van der Waals surface area contributed by atoms with E-state index in [9.17, 15) is 24.3 Å². The number of carbonyl (C=O) groups is 4. The summed E-state index contributed by atoms with van der Waals surface area (Å²) in [6, 6.07) is -2.68. The molecule has 4 rings (SSSR count). The molecule has 2 heterocycles. The summed E-state index contributed by atoms with van der Waals surface area (Å²) in [6.45, 7) is 3.21. The summed E-state index contributed by atoms with van der Waals surface area (Å²) < 4.78 is 7.33. The number of likely N-dealkylation sites (tertiary alicyclic amines) is 1. The number of aliphatic hydroxyl groups is 1. The highest BCUT2D eigenvalue weighted by Crippen LogP contribution is 2.36. The first-order chi connectivity index (χ1) is 19.4. The second kappa shape index (κ2) is 13.8. The minimum absolute atomic E-state index is 0. The second-order valence-corrected chi connectivity index (χ2v) is 12.5. The minimum atomic E-state index is -1.44. The lowest BCUT2D eigenvalue weighted by Gasteiger charge is -2.38. The van der Waals surface area contributed by atoms with E-state index in [1.165, 1.54) is 29.3 Å². The van der Waals surface area contributed by atoms with E-state index in [-0.39, 0.29) is 31.8 Å².